The van der Waals surface area contributed by atoms with Gasteiger partial charge in [0.25, 0.3) is 0 Å². The molecule has 162 valence electrons. The van der Waals surface area contributed by atoms with E-state index >= 15 is 0 Å². The fourth-order valence-electron chi connectivity index (χ4n) is 3.72. The van der Waals surface area contributed by atoms with Crippen LogP contribution in [0.4, 0.5) is 0 Å². The van der Waals surface area contributed by atoms with Crippen molar-refractivity contribution in [1.29, 1.82) is 0 Å². The minimum Gasteiger partial charge on any atom is -0.372 e. The number of nitrogens with zero attached hydrogens (tertiary/aromatic N) is 4. The zero-order valence-electron chi connectivity index (χ0n) is 17.6. The van der Waals surface area contributed by atoms with E-state index in [-0.39, 0.29) is 18.1 Å². The minimum absolute atomic E-state index is 0.0518. The summed E-state index contributed by atoms with van der Waals surface area (Å²) < 4.78 is 7.80. The normalized spacial score (nSPS) is 18.9. The first-order valence-electron chi connectivity index (χ1n) is 10.3. The van der Waals surface area contributed by atoms with Gasteiger partial charge in [0.05, 0.1) is 24.5 Å². The highest BCUT2D eigenvalue weighted by Gasteiger charge is 2.26. The van der Waals surface area contributed by atoms with Crippen molar-refractivity contribution in [2.24, 2.45) is 0 Å². The van der Waals surface area contributed by atoms with Gasteiger partial charge < -0.3 is 9.64 Å². The fourth-order valence-corrected chi connectivity index (χ4v) is 4.68. The van der Waals surface area contributed by atoms with Crippen molar-refractivity contribution >= 4 is 29.3 Å². The number of hydrogen-bond donors (Lipinski definition) is 0. The van der Waals surface area contributed by atoms with Crippen LogP contribution in [0, 0.1) is 0 Å². The van der Waals surface area contributed by atoms with Crippen molar-refractivity contribution in [2.75, 3.05) is 18.8 Å². The summed E-state index contributed by atoms with van der Waals surface area (Å²) in [6.45, 7) is 5.86. The summed E-state index contributed by atoms with van der Waals surface area (Å²) in [4.78, 5) is 14.7. The molecule has 2 heterocycles. The highest BCUT2D eigenvalue weighted by molar-refractivity contribution is 7.99. The number of hydrogen-bond acceptors (Lipinski definition) is 5. The number of carbonyl (C=O) groups is 1. The molecule has 6 nitrogen and oxygen atoms in total. The lowest BCUT2D eigenvalue weighted by molar-refractivity contribution is -0.140. The molecule has 0 saturated carbocycles. The number of ether oxygens (including phenoxy) is 1. The molecule has 1 aliphatic heterocycles. The number of rotatable bonds is 6. The largest absolute Gasteiger partial charge is 0.372 e. The van der Waals surface area contributed by atoms with Crippen LogP contribution in [0.1, 0.15) is 19.4 Å². The molecule has 1 fully saturated rings. The van der Waals surface area contributed by atoms with Gasteiger partial charge in [-0.25, -0.2) is 0 Å². The zero-order valence-corrected chi connectivity index (χ0v) is 19.1. The first-order valence-corrected chi connectivity index (χ1v) is 11.6. The molecule has 1 aromatic heterocycles. The van der Waals surface area contributed by atoms with Crippen LogP contribution < -0.4 is 0 Å². The van der Waals surface area contributed by atoms with E-state index in [0.29, 0.717) is 30.4 Å². The summed E-state index contributed by atoms with van der Waals surface area (Å²) in [5.41, 5.74) is 2.07. The molecule has 0 aliphatic carbocycles. The Morgan fingerprint density at radius 3 is 2.42 bits per heavy atom. The van der Waals surface area contributed by atoms with Crippen LogP contribution in [-0.2, 0) is 16.1 Å². The third-order valence-corrected chi connectivity index (χ3v) is 6.30. The number of carbonyl (C=O) groups excluding carboxylic acids is 1. The minimum atomic E-state index is 0.0518. The highest BCUT2D eigenvalue weighted by atomic mass is 35.5. The van der Waals surface area contributed by atoms with Crippen LogP contribution in [0.25, 0.3) is 11.4 Å². The quantitative estimate of drug-likeness (QED) is 0.515. The van der Waals surface area contributed by atoms with Gasteiger partial charge in [-0.15, -0.1) is 10.2 Å². The Morgan fingerprint density at radius 2 is 1.74 bits per heavy atom. The zero-order chi connectivity index (χ0) is 21.8. The van der Waals surface area contributed by atoms with Crippen LogP contribution in [0.3, 0.4) is 0 Å². The summed E-state index contributed by atoms with van der Waals surface area (Å²) in [5.74, 6) is 1.16. The predicted octanol–water partition coefficient (Wildman–Crippen LogP) is 4.37. The molecule has 4 rings (SSSR count). The summed E-state index contributed by atoms with van der Waals surface area (Å²) in [5, 5.41) is 10.2. The van der Waals surface area contributed by atoms with Gasteiger partial charge in [-0.05, 0) is 43.7 Å². The van der Waals surface area contributed by atoms with E-state index in [4.69, 9.17) is 16.3 Å². The van der Waals surface area contributed by atoms with E-state index in [1.54, 1.807) is 0 Å². The Labute approximate surface area is 191 Å². The van der Waals surface area contributed by atoms with Crippen molar-refractivity contribution in [3.8, 4) is 11.4 Å². The van der Waals surface area contributed by atoms with Gasteiger partial charge in [-0.2, -0.15) is 0 Å². The fraction of sp³-hybridized carbons (Fsp3) is 0.348. The van der Waals surface area contributed by atoms with Gasteiger partial charge in [0.1, 0.15) is 0 Å². The van der Waals surface area contributed by atoms with E-state index in [1.165, 1.54) is 11.8 Å². The average molecular weight is 457 g/mol. The Balaban J connectivity index is 1.55. The maximum Gasteiger partial charge on any atom is 0.233 e. The van der Waals surface area contributed by atoms with Crippen molar-refractivity contribution < 1.29 is 9.53 Å². The van der Waals surface area contributed by atoms with Gasteiger partial charge in [0.2, 0.25) is 5.91 Å². The van der Waals surface area contributed by atoms with E-state index in [0.717, 1.165) is 22.1 Å². The second-order valence-corrected chi connectivity index (χ2v) is 9.11. The van der Waals surface area contributed by atoms with Crippen molar-refractivity contribution in [3.05, 3.63) is 65.2 Å². The van der Waals surface area contributed by atoms with Crippen molar-refractivity contribution in [3.63, 3.8) is 0 Å². The SMILES string of the molecule is C[C@@H]1CN(C(=O)CSc2nnc(-c3ccc(Cl)cc3)n2Cc2ccccc2)C[C@@H](C)O1. The van der Waals surface area contributed by atoms with E-state index in [9.17, 15) is 4.79 Å². The number of morpholine rings is 1. The summed E-state index contributed by atoms with van der Waals surface area (Å²) in [6, 6.07) is 17.7. The van der Waals surface area contributed by atoms with E-state index < -0.39 is 0 Å². The maximum atomic E-state index is 12.8. The van der Waals surface area contributed by atoms with Gasteiger partial charge in [-0.3, -0.25) is 9.36 Å². The standard InChI is InChI=1S/C23H25ClN4O2S/c1-16-12-27(13-17(2)30-16)21(29)15-31-23-26-25-22(19-8-10-20(24)11-9-19)28(23)14-18-6-4-3-5-7-18/h3-11,16-17H,12-15H2,1-2H3/t16-,17-/m1/s1. The summed E-state index contributed by atoms with van der Waals surface area (Å²) in [6.07, 6.45) is 0.104. The highest BCUT2D eigenvalue weighted by Crippen LogP contribution is 2.27. The van der Waals surface area contributed by atoms with E-state index in [1.807, 2.05) is 61.2 Å². The molecule has 0 unspecified atom stereocenters. The smallest absolute Gasteiger partial charge is 0.233 e. The van der Waals surface area contributed by atoms with Crippen LogP contribution in [0.5, 0.6) is 0 Å². The molecule has 31 heavy (non-hydrogen) atoms. The Hall–Kier alpha value is -2.35. The number of amides is 1. The third-order valence-electron chi connectivity index (χ3n) is 5.10. The molecule has 0 bridgehead atoms. The molecular formula is C23H25ClN4O2S. The Kier molecular flexibility index (Phi) is 6.95. The number of aromatic nitrogens is 3. The maximum absolute atomic E-state index is 12.8. The monoisotopic (exact) mass is 456 g/mol. The first-order chi connectivity index (χ1) is 15.0. The van der Waals surface area contributed by atoms with Crippen LogP contribution in [0.15, 0.2) is 59.8 Å². The lowest BCUT2D eigenvalue weighted by Gasteiger charge is -2.35. The van der Waals surface area contributed by atoms with Gasteiger partial charge >= 0.3 is 0 Å². The third kappa shape index (κ3) is 5.47. The Bertz CT molecular complexity index is 1020. The molecule has 0 radical (unpaired) electrons. The number of benzene rings is 2. The van der Waals surface area contributed by atoms with Crippen LogP contribution >= 0.6 is 23.4 Å². The van der Waals surface area contributed by atoms with E-state index in [2.05, 4.69) is 26.9 Å². The predicted molar refractivity (Wildman–Crippen MR) is 123 cm³/mol. The topological polar surface area (TPSA) is 60.2 Å². The molecule has 2 atom stereocenters. The second kappa shape index (κ2) is 9.85. The molecule has 1 saturated heterocycles. The molecule has 8 heteroatoms. The van der Waals surface area contributed by atoms with Crippen molar-refractivity contribution in [2.45, 2.75) is 37.8 Å². The molecular weight excluding hydrogens is 432 g/mol. The molecule has 3 aromatic rings. The summed E-state index contributed by atoms with van der Waals surface area (Å²) in [7, 11) is 0. The lowest BCUT2D eigenvalue weighted by atomic mass is 10.2. The summed E-state index contributed by atoms with van der Waals surface area (Å²) >= 11 is 7.48. The van der Waals surface area contributed by atoms with Crippen LogP contribution in [-0.4, -0.2) is 56.6 Å². The van der Waals surface area contributed by atoms with Crippen LogP contribution in [0.2, 0.25) is 5.02 Å². The van der Waals surface area contributed by atoms with Crippen molar-refractivity contribution in [1.82, 2.24) is 19.7 Å². The molecule has 2 aromatic carbocycles. The number of halogens is 1. The molecule has 1 amide bonds. The Morgan fingerprint density at radius 1 is 1.06 bits per heavy atom. The van der Waals surface area contributed by atoms with Gasteiger partial charge in [-0.1, -0.05) is 53.7 Å². The second-order valence-electron chi connectivity index (χ2n) is 7.73. The average Bonchev–Trinajstić information content (AvgIpc) is 3.15. The first kappa shape index (κ1) is 21.9. The number of thioether (sulfide) groups is 1. The lowest BCUT2D eigenvalue weighted by Crippen LogP contribution is -2.48. The molecule has 0 N–H and O–H groups in total. The van der Waals surface area contributed by atoms with Gasteiger partial charge in [0, 0.05) is 23.7 Å². The van der Waals surface area contributed by atoms with Gasteiger partial charge in [0.15, 0.2) is 11.0 Å². The molecule has 0 spiro atoms. The molecule has 1 aliphatic rings.